The van der Waals surface area contributed by atoms with E-state index in [1.54, 1.807) is 0 Å². The van der Waals surface area contributed by atoms with Crippen LogP contribution < -0.4 is 0 Å². The van der Waals surface area contributed by atoms with Gasteiger partial charge in [0.2, 0.25) is 5.24 Å². The number of hydrogen-bond acceptors (Lipinski definition) is 1. The standard InChI is InChI=1S/C12H21ClO/c1-3-4-10-5-6-11(8-12(13)14)9(2)7-10/h9-11H,3-8H2,1-2H3/t9-,10?,11+/m1/s1. The van der Waals surface area contributed by atoms with Crippen molar-refractivity contribution in [3.05, 3.63) is 0 Å². The molecule has 1 rings (SSSR count). The summed E-state index contributed by atoms with van der Waals surface area (Å²) in [4.78, 5) is 10.8. The molecule has 0 amide bonds. The van der Waals surface area contributed by atoms with E-state index in [0.29, 0.717) is 18.3 Å². The summed E-state index contributed by atoms with van der Waals surface area (Å²) in [5.74, 6) is 2.13. The molecule has 1 fully saturated rings. The Morgan fingerprint density at radius 2 is 2.14 bits per heavy atom. The third kappa shape index (κ3) is 3.61. The maximum Gasteiger partial charge on any atom is 0.221 e. The Morgan fingerprint density at radius 3 is 2.64 bits per heavy atom. The van der Waals surface area contributed by atoms with Crippen molar-refractivity contribution in [1.29, 1.82) is 0 Å². The molecule has 1 aliphatic rings. The van der Waals surface area contributed by atoms with Gasteiger partial charge in [-0.15, -0.1) is 0 Å². The van der Waals surface area contributed by atoms with Crippen molar-refractivity contribution >= 4 is 16.8 Å². The Morgan fingerprint density at radius 1 is 1.43 bits per heavy atom. The van der Waals surface area contributed by atoms with Gasteiger partial charge in [0.25, 0.3) is 0 Å². The SMILES string of the molecule is CCCC1CC[C@@H](CC(=O)Cl)[C@H](C)C1. The second kappa shape index (κ2) is 5.75. The van der Waals surface area contributed by atoms with Crippen molar-refractivity contribution in [2.75, 3.05) is 0 Å². The van der Waals surface area contributed by atoms with Crippen LogP contribution in [0.15, 0.2) is 0 Å². The van der Waals surface area contributed by atoms with Crippen molar-refractivity contribution in [1.82, 2.24) is 0 Å². The smallest absolute Gasteiger partial charge is 0.221 e. The first-order valence-electron chi connectivity index (χ1n) is 5.81. The fourth-order valence-corrected chi connectivity index (χ4v) is 2.95. The Balaban J connectivity index is 2.35. The maximum atomic E-state index is 10.8. The van der Waals surface area contributed by atoms with Gasteiger partial charge in [-0.3, -0.25) is 4.79 Å². The Labute approximate surface area is 92.2 Å². The summed E-state index contributed by atoms with van der Waals surface area (Å²) in [5, 5.41) is -0.157. The van der Waals surface area contributed by atoms with Crippen LogP contribution >= 0.6 is 11.6 Å². The number of hydrogen-bond donors (Lipinski definition) is 0. The third-order valence-electron chi connectivity index (χ3n) is 3.58. The molecule has 0 bridgehead atoms. The van der Waals surface area contributed by atoms with Gasteiger partial charge in [0.1, 0.15) is 0 Å². The number of carbonyl (C=O) groups is 1. The zero-order valence-electron chi connectivity index (χ0n) is 9.26. The van der Waals surface area contributed by atoms with E-state index in [9.17, 15) is 4.79 Å². The van der Waals surface area contributed by atoms with Crippen molar-refractivity contribution < 1.29 is 4.79 Å². The van der Waals surface area contributed by atoms with Crippen LogP contribution in [0.3, 0.4) is 0 Å². The van der Waals surface area contributed by atoms with Crippen LogP contribution in [0.1, 0.15) is 52.4 Å². The predicted octanol–water partition coefficient (Wildman–Crippen LogP) is 3.99. The topological polar surface area (TPSA) is 17.1 Å². The molecule has 0 saturated heterocycles. The molecule has 14 heavy (non-hydrogen) atoms. The second-order valence-corrected chi connectivity index (χ2v) is 5.19. The fourth-order valence-electron chi connectivity index (χ4n) is 2.75. The first kappa shape index (κ1) is 12.0. The van der Waals surface area contributed by atoms with Gasteiger partial charge in [-0.05, 0) is 42.2 Å². The van der Waals surface area contributed by atoms with E-state index in [1.165, 1.54) is 32.1 Å². The third-order valence-corrected chi connectivity index (χ3v) is 3.73. The van der Waals surface area contributed by atoms with E-state index in [2.05, 4.69) is 13.8 Å². The summed E-state index contributed by atoms with van der Waals surface area (Å²) in [6.45, 7) is 4.52. The van der Waals surface area contributed by atoms with Gasteiger partial charge < -0.3 is 0 Å². The molecule has 82 valence electrons. The van der Waals surface area contributed by atoms with E-state index in [1.807, 2.05) is 0 Å². The van der Waals surface area contributed by atoms with Gasteiger partial charge in [0, 0.05) is 6.42 Å². The van der Waals surface area contributed by atoms with E-state index in [0.717, 1.165) is 5.92 Å². The number of rotatable bonds is 4. The number of carbonyl (C=O) groups excluding carboxylic acids is 1. The first-order chi connectivity index (χ1) is 6.63. The molecule has 0 aliphatic heterocycles. The molecule has 0 spiro atoms. The molecular formula is C12H21ClO. The van der Waals surface area contributed by atoms with Crippen molar-refractivity contribution in [3.63, 3.8) is 0 Å². The van der Waals surface area contributed by atoms with E-state index < -0.39 is 0 Å². The Kier molecular flexibility index (Phi) is 4.94. The van der Waals surface area contributed by atoms with Crippen molar-refractivity contribution in [3.8, 4) is 0 Å². The van der Waals surface area contributed by atoms with Crippen LogP contribution in [0.5, 0.6) is 0 Å². The van der Waals surface area contributed by atoms with Crippen LogP contribution in [0, 0.1) is 17.8 Å². The summed E-state index contributed by atoms with van der Waals surface area (Å²) in [6, 6.07) is 0. The monoisotopic (exact) mass is 216 g/mol. The zero-order chi connectivity index (χ0) is 10.6. The average molecular weight is 217 g/mol. The highest BCUT2D eigenvalue weighted by Gasteiger charge is 2.27. The molecule has 0 aromatic heterocycles. The highest BCUT2D eigenvalue weighted by Crippen LogP contribution is 2.37. The summed E-state index contributed by atoms with van der Waals surface area (Å²) in [5.41, 5.74) is 0. The van der Waals surface area contributed by atoms with Crippen LogP contribution in [0.2, 0.25) is 0 Å². The van der Waals surface area contributed by atoms with Crippen molar-refractivity contribution in [2.24, 2.45) is 17.8 Å². The summed E-state index contributed by atoms with van der Waals surface area (Å²) in [7, 11) is 0. The minimum Gasteiger partial charge on any atom is -0.281 e. The quantitative estimate of drug-likeness (QED) is 0.650. The molecule has 0 heterocycles. The molecule has 0 aromatic carbocycles. The molecule has 1 aliphatic carbocycles. The minimum absolute atomic E-state index is 0.157. The first-order valence-corrected chi connectivity index (χ1v) is 6.19. The predicted molar refractivity (Wildman–Crippen MR) is 60.4 cm³/mol. The lowest BCUT2D eigenvalue weighted by Crippen LogP contribution is -2.24. The van der Waals surface area contributed by atoms with E-state index >= 15 is 0 Å². The Bertz CT molecular complexity index is 191. The molecule has 0 N–H and O–H groups in total. The van der Waals surface area contributed by atoms with Gasteiger partial charge in [0.15, 0.2) is 0 Å². The van der Waals surface area contributed by atoms with E-state index in [4.69, 9.17) is 11.6 Å². The summed E-state index contributed by atoms with van der Waals surface area (Å²) < 4.78 is 0. The van der Waals surface area contributed by atoms with Crippen LogP contribution in [-0.4, -0.2) is 5.24 Å². The molecule has 1 saturated carbocycles. The second-order valence-electron chi connectivity index (χ2n) is 4.76. The highest BCUT2D eigenvalue weighted by molar-refractivity contribution is 6.63. The normalized spacial score (nSPS) is 32.9. The lowest BCUT2D eigenvalue weighted by molar-refractivity contribution is -0.113. The van der Waals surface area contributed by atoms with Crippen molar-refractivity contribution in [2.45, 2.75) is 52.4 Å². The highest BCUT2D eigenvalue weighted by atomic mass is 35.5. The number of halogens is 1. The molecule has 1 nitrogen and oxygen atoms in total. The largest absolute Gasteiger partial charge is 0.281 e. The van der Waals surface area contributed by atoms with Crippen LogP contribution in [0.25, 0.3) is 0 Å². The van der Waals surface area contributed by atoms with Gasteiger partial charge in [-0.25, -0.2) is 0 Å². The molecule has 2 heteroatoms. The minimum atomic E-state index is -0.157. The maximum absolute atomic E-state index is 10.8. The lowest BCUT2D eigenvalue weighted by Gasteiger charge is -2.33. The van der Waals surface area contributed by atoms with Crippen LogP contribution in [0.4, 0.5) is 0 Å². The Hall–Kier alpha value is -0.0400. The molecule has 0 radical (unpaired) electrons. The van der Waals surface area contributed by atoms with Crippen LogP contribution in [-0.2, 0) is 4.79 Å². The van der Waals surface area contributed by atoms with Gasteiger partial charge >= 0.3 is 0 Å². The fraction of sp³-hybridized carbons (Fsp3) is 0.917. The summed E-state index contributed by atoms with van der Waals surface area (Å²) in [6.07, 6.45) is 7.02. The molecule has 0 aromatic rings. The van der Waals surface area contributed by atoms with E-state index in [-0.39, 0.29) is 5.24 Å². The molecule has 3 atom stereocenters. The lowest BCUT2D eigenvalue weighted by atomic mass is 9.72. The van der Waals surface area contributed by atoms with Gasteiger partial charge in [0.05, 0.1) is 0 Å². The molecule has 1 unspecified atom stereocenters. The summed E-state index contributed by atoms with van der Waals surface area (Å²) >= 11 is 5.44. The zero-order valence-corrected chi connectivity index (χ0v) is 10.0. The molecular weight excluding hydrogens is 196 g/mol. The van der Waals surface area contributed by atoms with Gasteiger partial charge in [-0.2, -0.15) is 0 Å². The average Bonchev–Trinajstić information content (AvgIpc) is 2.10. The van der Waals surface area contributed by atoms with Gasteiger partial charge in [-0.1, -0.05) is 33.1 Å².